The predicted octanol–water partition coefficient (Wildman–Crippen LogP) is 3.58. The number of carbonyl (C=O) groups is 1. The largest absolute Gasteiger partial charge is 0.491 e. The van der Waals surface area contributed by atoms with Crippen LogP contribution in [-0.2, 0) is 6.18 Å². The van der Waals surface area contributed by atoms with E-state index in [-0.39, 0.29) is 42.3 Å². The number of benzene rings is 1. The van der Waals surface area contributed by atoms with Crippen LogP contribution in [0.1, 0.15) is 35.2 Å². The summed E-state index contributed by atoms with van der Waals surface area (Å²) in [6, 6.07) is 4.87. The summed E-state index contributed by atoms with van der Waals surface area (Å²) in [6.07, 6.45) is 1.18. The van der Waals surface area contributed by atoms with Gasteiger partial charge in [0.15, 0.2) is 0 Å². The number of hydrogen-bond acceptors (Lipinski definition) is 5. The first-order chi connectivity index (χ1) is 13.9. The van der Waals surface area contributed by atoms with Gasteiger partial charge in [-0.3, -0.25) is 4.79 Å². The molecule has 0 spiro atoms. The SMILES string of the molecule is COc1ncc(C(=O)N2C3CCC(C3)[C@@H]2COc2cccc(C(F)(F)F)c2)cn1. The van der Waals surface area contributed by atoms with Crippen LogP contribution in [0.5, 0.6) is 11.8 Å². The molecule has 2 unspecified atom stereocenters. The quantitative estimate of drug-likeness (QED) is 0.758. The molecule has 1 saturated carbocycles. The first kappa shape index (κ1) is 19.5. The number of likely N-dealkylation sites (tertiary alicyclic amines) is 1. The van der Waals surface area contributed by atoms with E-state index in [0.29, 0.717) is 5.56 Å². The van der Waals surface area contributed by atoms with Crippen molar-refractivity contribution in [3.05, 3.63) is 47.8 Å². The highest BCUT2D eigenvalue weighted by Gasteiger charge is 2.48. The van der Waals surface area contributed by atoms with Gasteiger partial charge in [0.2, 0.25) is 0 Å². The van der Waals surface area contributed by atoms with Gasteiger partial charge in [-0.1, -0.05) is 6.07 Å². The summed E-state index contributed by atoms with van der Waals surface area (Å²) in [6.45, 7) is 0.144. The number of alkyl halides is 3. The van der Waals surface area contributed by atoms with Gasteiger partial charge in [-0.25, -0.2) is 9.97 Å². The summed E-state index contributed by atoms with van der Waals surface area (Å²) in [4.78, 5) is 22.8. The topological polar surface area (TPSA) is 64.5 Å². The molecule has 2 bridgehead atoms. The summed E-state index contributed by atoms with van der Waals surface area (Å²) in [5, 5.41) is 0. The van der Waals surface area contributed by atoms with E-state index in [2.05, 4.69) is 9.97 Å². The molecule has 1 aromatic carbocycles. The van der Waals surface area contributed by atoms with Gasteiger partial charge in [0.05, 0.1) is 24.3 Å². The van der Waals surface area contributed by atoms with E-state index in [9.17, 15) is 18.0 Å². The van der Waals surface area contributed by atoms with Crippen LogP contribution in [0.4, 0.5) is 13.2 Å². The van der Waals surface area contributed by atoms with Crippen LogP contribution in [0, 0.1) is 5.92 Å². The number of carbonyl (C=O) groups excluding carboxylic acids is 1. The fourth-order valence-corrected chi connectivity index (χ4v) is 4.25. The molecule has 2 aliphatic rings. The number of methoxy groups -OCH3 is 1. The highest BCUT2D eigenvalue weighted by molar-refractivity contribution is 5.94. The Labute approximate surface area is 165 Å². The van der Waals surface area contributed by atoms with Gasteiger partial charge in [0, 0.05) is 18.4 Å². The van der Waals surface area contributed by atoms with Crippen LogP contribution in [0.25, 0.3) is 0 Å². The fourth-order valence-electron chi connectivity index (χ4n) is 4.25. The average Bonchev–Trinajstić information content (AvgIpc) is 3.33. The van der Waals surface area contributed by atoms with Crippen molar-refractivity contribution in [3.8, 4) is 11.8 Å². The van der Waals surface area contributed by atoms with Crippen molar-refractivity contribution in [2.75, 3.05) is 13.7 Å². The molecule has 2 aromatic rings. The number of piperidine rings is 1. The van der Waals surface area contributed by atoms with Crippen molar-refractivity contribution >= 4 is 5.91 Å². The zero-order chi connectivity index (χ0) is 20.6. The van der Waals surface area contributed by atoms with Crippen LogP contribution in [0.2, 0.25) is 0 Å². The van der Waals surface area contributed by atoms with Gasteiger partial charge < -0.3 is 14.4 Å². The third kappa shape index (κ3) is 3.86. The number of amides is 1. The number of aromatic nitrogens is 2. The van der Waals surface area contributed by atoms with E-state index >= 15 is 0 Å². The Morgan fingerprint density at radius 3 is 2.69 bits per heavy atom. The van der Waals surface area contributed by atoms with E-state index in [1.165, 1.54) is 31.6 Å². The van der Waals surface area contributed by atoms with Gasteiger partial charge in [-0.2, -0.15) is 13.2 Å². The lowest BCUT2D eigenvalue weighted by atomic mass is 9.99. The molecule has 154 valence electrons. The maximum atomic E-state index is 13.0. The lowest BCUT2D eigenvalue weighted by Gasteiger charge is -2.35. The van der Waals surface area contributed by atoms with Crippen LogP contribution in [0.15, 0.2) is 36.7 Å². The maximum absolute atomic E-state index is 13.0. The van der Waals surface area contributed by atoms with Crippen LogP contribution in [-0.4, -0.2) is 46.6 Å². The summed E-state index contributed by atoms with van der Waals surface area (Å²) in [5.41, 5.74) is -0.409. The Bertz CT molecular complexity index is 889. The molecule has 1 aromatic heterocycles. The second-order valence-electron chi connectivity index (χ2n) is 7.30. The Morgan fingerprint density at radius 1 is 1.24 bits per heavy atom. The zero-order valence-corrected chi connectivity index (χ0v) is 15.7. The fraction of sp³-hybridized carbons (Fsp3) is 0.450. The van der Waals surface area contributed by atoms with Crippen molar-refractivity contribution in [2.45, 2.75) is 37.5 Å². The Morgan fingerprint density at radius 2 is 2.00 bits per heavy atom. The van der Waals surface area contributed by atoms with E-state index in [0.717, 1.165) is 31.4 Å². The number of ether oxygens (including phenoxy) is 2. The molecule has 4 rings (SSSR count). The summed E-state index contributed by atoms with van der Waals surface area (Å²) >= 11 is 0. The summed E-state index contributed by atoms with van der Waals surface area (Å²) in [5.74, 6) is 0.217. The third-order valence-corrected chi connectivity index (χ3v) is 5.61. The van der Waals surface area contributed by atoms with Crippen molar-refractivity contribution in [1.29, 1.82) is 0 Å². The van der Waals surface area contributed by atoms with Crippen molar-refractivity contribution < 1.29 is 27.4 Å². The Hall–Kier alpha value is -2.84. The molecule has 2 heterocycles. The number of halogens is 3. The lowest BCUT2D eigenvalue weighted by Crippen LogP contribution is -2.47. The highest BCUT2D eigenvalue weighted by atomic mass is 19.4. The minimum Gasteiger partial charge on any atom is -0.491 e. The highest BCUT2D eigenvalue weighted by Crippen LogP contribution is 2.43. The van der Waals surface area contributed by atoms with Gasteiger partial charge in [0.25, 0.3) is 5.91 Å². The van der Waals surface area contributed by atoms with Gasteiger partial charge in [-0.15, -0.1) is 0 Å². The third-order valence-electron chi connectivity index (χ3n) is 5.61. The summed E-state index contributed by atoms with van der Waals surface area (Å²) in [7, 11) is 1.44. The smallest absolute Gasteiger partial charge is 0.416 e. The molecule has 1 saturated heterocycles. The maximum Gasteiger partial charge on any atom is 0.416 e. The molecule has 1 aliphatic heterocycles. The van der Waals surface area contributed by atoms with Crippen LogP contribution >= 0.6 is 0 Å². The zero-order valence-electron chi connectivity index (χ0n) is 15.7. The molecule has 0 radical (unpaired) electrons. The molecule has 2 fully saturated rings. The minimum atomic E-state index is -4.43. The molecule has 0 N–H and O–H groups in total. The Balaban J connectivity index is 1.49. The van der Waals surface area contributed by atoms with Gasteiger partial charge >= 0.3 is 12.2 Å². The molecule has 1 aliphatic carbocycles. The monoisotopic (exact) mass is 407 g/mol. The normalized spacial score (nSPS) is 23.3. The van der Waals surface area contributed by atoms with E-state index in [4.69, 9.17) is 9.47 Å². The lowest BCUT2D eigenvalue weighted by molar-refractivity contribution is -0.137. The van der Waals surface area contributed by atoms with Crippen molar-refractivity contribution in [2.24, 2.45) is 5.92 Å². The first-order valence-corrected chi connectivity index (χ1v) is 9.35. The molecule has 9 heteroatoms. The van der Waals surface area contributed by atoms with E-state index in [1.54, 1.807) is 4.90 Å². The predicted molar refractivity (Wildman–Crippen MR) is 96.6 cm³/mol. The molecule has 3 atom stereocenters. The average molecular weight is 407 g/mol. The molecule has 1 amide bonds. The second kappa shape index (κ2) is 7.53. The Kier molecular flexibility index (Phi) is 5.06. The number of hydrogen-bond donors (Lipinski definition) is 0. The van der Waals surface area contributed by atoms with Crippen molar-refractivity contribution in [1.82, 2.24) is 14.9 Å². The van der Waals surface area contributed by atoms with E-state index < -0.39 is 11.7 Å². The summed E-state index contributed by atoms with van der Waals surface area (Å²) < 4.78 is 49.3. The molecule has 6 nitrogen and oxygen atoms in total. The first-order valence-electron chi connectivity index (χ1n) is 9.35. The van der Waals surface area contributed by atoms with Gasteiger partial charge in [0.1, 0.15) is 12.4 Å². The van der Waals surface area contributed by atoms with Crippen LogP contribution < -0.4 is 9.47 Å². The number of nitrogens with zero attached hydrogens (tertiary/aromatic N) is 3. The van der Waals surface area contributed by atoms with Crippen molar-refractivity contribution in [3.63, 3.8) is 0 Å². The number of fused-ring (bicyclic) bond motifs is 2. The standard InChI is InChI=1S/C20H20F3N3O3/c1-28-19-24-9-13(10-25-19)18(27)26-15-6-5-12(7-15)17(26)11-29-16-4-2-3-14(8-16)20(21,22)23/h2-4,8-10,12,15,17H,5-7,11H2,1H3/t12?,15?,17-/m0/s1. The van der Waals surface area contributed by atoms with Gasteiger partial charge in [-0.05, 0) is 43.4 Å². The van der Waals surface area contributed by atoms with Crippen LogP contribution in [0.3, 0.4) is 0 Å². The molecular weight excluding hydrogens is 387 g/mol. The second-order valence-corrected chi connectivity index (χ2v) is 7.30. The molecular formula is C20H20F3N3O3. The van der Waals surface area contributed by atoms with E-state index in [1.807, 2.05) is 0 Å². The number of rotatable bonds is 5. The molecule has 29 heavy (non-hydrogen) atoms. The minimum absolute atomic E-state index is 0.102.